The second-order valence-corrected chi connectivity index (χ2v) is 7.35. The number of benzene rings is 1. The van der Waals surface area contributed by atoms with Gasteiger partial charge in [-0.3, -0.25) is 4.79 Å². The molecule has 0 aliphatic heterocycles. The first-order chi connectivity index (χ1) is 11.6. The summed E-state index contributed by atoms with van der Waals surface area (Å²) in [5.41, 5.74) is 0.0996. The van der Waals surface area contributed by atoms with Crippen LogP contribution in [0.2, 0.25) is 0 Å². The summed E-state index contributed by atoms with van der Waals surface area (Å²) >= 11 is 3.33. The Hall–Kier alpha value is -1.07. The number of halogens is 1. The molecule has 2 atom stereocenters. The highest BCUT2D eigenvalue weighted by atomic mass is 79.9. The number of hydrogen-bond donors (Lipinski definition) is 1. The molecule has 1 fully saturated rings. The first kappa shape index (κ1) is 19.3. The van der Waals surface area contributed by atoms with Crippen molar-refractivity contribution in [3.63, 3.8) is 0 Å². The van der Waals surface area contributed by atoms with Crippen LogP contribution in [0.1, 0.15) is 46.0 Å². The molecule has 0 saturated heterocycles. The predicted octanol–water partition coefficient (Wildman–Crippen LogP) is 4.77. The molecule has 1 N–H and O–H groups in total. The van der Waals surface area contributed by atoms with Gasteiger partial charge in [0.15, 0.2) is 0 Å². The van der Waals surface area contributed by atoms with Crippen LogP contribution in [0.5, 0.6) is 5.75 Å². The van der Waals surface area contributed by atoms with Crippen LogP contribution < -0.4 is 10.1 Å². The third kappa shape index (κ3) is 5.21. The second-order valence-electron chi connectivity index (χ2n) is 6.56. The van der Waals surface area contributed by atoms with Crippen molar-refractivity contribution in [2.75, 3.05) is 23.9 Å². The number of nitrogens with one attached hydrogen (secondary N) is 1. The molecular weight excluding hydrogens is 370 g/mol. The molecule has 134 valence electrons. The summed E-state index contributed by atoms with van der Waals surface area (Å²) in [7, 11) is 0. The van der Waals surface area contributed by atoms with E-state index in [1.165, 1.54) is 6.42 Å². The van der Waals surface area contributed by atoms with E-state index in [0.29, 0.717) is 19.1 Å². The Labute approximate surface area is 153 Å². The Balaban J connectivity index is 2.04. The van der Waals surface area contributed by atoms with E-state index in [1.54, 1.807) is 0 Å². The predicted molar refractivity (Wildman–Crippen MR) is 101 cm³/mol. The minimum atomic E-state index is -0.682. The Kier molecular flexibility index (Phi) is 7.56. The van der Waals surface area contributed by atoms with Crippen LogP contribution >= 0.6 is 15.9 Å². The van der Waals surface area contributed by atoms with Gasteiger partial charge < -0.3 is 14.8 Å². The van der Waals surface area contributed by atoms with Crippen molar-refractivity contribution < 1.29 is 14.3 Å². The van der Waals surface area contributed by atoms with E-state index in [0.717, 1.165) is 42.5 Å². The highest BCUT2D eigenvalue weighted by Gasteiger charge is 2.42. The Morgan fingerprint density at radius 3 is 2.71 bits per heavy atom. The van der Waals surface area contributed by atoms with E-state index < -0.39 is 5.60 Å². The molecule has 1 aliphatic rings. The van der Waals surface area contributed by atoms with Crippen molar-refractivity contribution in [1.29, 1.82) is 0 Å². The largest absolute Gasteiger partial charge is 0.493 e. The minimum absolute atomic E-state index is 0.0170. The molecular formula is C19H28BrNO3. The second kappa shape index (κ2) is 9.42. The number of amides is 1. The standard InChI is InChI=1S/C19H28BrNO3/c1-3-12-24-19(10-4-5-15(2)14-19)18(22)21-16-6-8-17(9-7-16)23-13-11-20/h6-9,15H,3-5,10-14H2,1-2H3,(H,21,22)/t15-,19-/m0/s1. The third-order valence-corrected chi connectivity index (χ3v) is 4.73. The average molecular weight is 398 g/mol. The highest BCUT2D eigenvalue weighted by molar-refractivity contribution is 9.09. The maximum Gasteiger partial charge on any atom is 0.256 e. The summed E-state index contributed by atoms with van der Waals surface area (Å²) < 4.78 is 11.6. The van der Waals surface area contributed by atoms with Gasteiger partial charge in [-0.2, -0.15) is 0 Å². The molecule has 0 radical (unpaired) electrons. The molecule has 0 heterocycles. The van der Waals surface area contributed by atoms with E-state index in [1.807, 2.05) is 24.3 Å². The number of anilines is 1. The van der Waals surface area contributed by atoms with Gasteiger partial charge in [0.2, 0.25) is 0 Å². The topological polar surface area (TPSA) is 47.6 Å². The number of carbonyl (C=O) groups excluding carboxylic acids is 1. The summed E-state index contributed by atoms with van der Waals surface area (Å²) in [6.07, 6.45) is 4.73. The number of ether oxygens (including phenoxy) is 2. The van der Waals surface area contributed by atoms with Crippen LogP contribution in [0.3, 0.4) is 0 Å². The van der Waals surface area contributed by atoms with Crippen LogP contribution in [0.25, 0.3) is 0 Å². The fourth-order valence-corrected chi connectivity index (χ4v) is 3.40. The van der Waals surface area contributed by atoms with Crippen molar-refractivity contribution in [3.05, 3.63) is 24.3 Å². The Morgan fingerprint density at radius 1 is 1.33 bits per heavy atom. The van der Waals surface area contributed by atoms with Gasteiger partial charge in [-0.05, 0) is 55.9 Å². The highest BCUT2D eigenvalue weighted by Crippen LogP contribution is 2.36. The third-order valence-electron chi connectivity index (χ3n) is 4.41. The molecule has 24 heavy (non-hydrogen) atoms. The monoisotopic (exact) mass is 397 g/mol. The Morgan fingerprint density at radius 2 is 2.08 bits per heavy atom. The molecule has 4 nitrogen and oxygen atoms in total. The zero-order valence-corrected chi connectivity index (χ0v) is 16.2. The summed E-state index contributed by atoms with van der Waals surface area (Å²) in [6, 6.07) is 7.51. The lowest BCUT2D eigenvalue weighted by Gasteiger charge is -2.38. The molecule has 0 spiro atoms. The maximum absolute atomic E-state index is 12.9. The molecule has 2 rings (SSSR count). The number of rotatable bonds is 8. The van der Waals surface area contributed by atoms with Gasteiger partial charge in [-0.25, -0.2) is 0 Å². The van der Waals surface area contributed by atoms with Gasteiger partial charge in [-0.1, -0.05) is 36.2 Å². The lowest BCUT2D eigenvalue weighted by molar-refractivity contribution is -0.148. The van der Waals surface area contributed by atoms with Crippen LogP contribution in [-0.4, -0.2) is 30.1 Å². The summed E-state index contributed by atoms with van der Waals surface area (Å²) in [6.45, 7) is 5.52. The smallest absolute Gasteiger partial charge is 0.256 e. The summed E-state index contributed by atoms with van der Waals surface area (Å²) in [4.78, 5) is 12.9. The molecule has 0 bridgehead atoms. The normalized spacial score (nSPS) is 23.7. The van der Waals surface area contributed by atoms with Gasteiger partial charge in [0.1, 0.15) is 11.4 Å². The van der Waals surface area contributed by atoms with Crippen LogP contribution in [0, 0.1) is 5.92 Å². The Bertz CT molecular complexity index is 520. The van der Waals surface area contributed by atoms with Gasteiger partial charge in [-0.15, -0.1) is 0 Å². The SMILES string of the molecule is CCCO[C@@]1(C(=O)Nc2ccc(OCCBr)cc2)CCC[C@H](C)C1. The molecule has 0 unspecified atom stereocenters. The lowest BCUT2D eigenvalue weighted by atomic mass is 9.78. The van der Waals surface area contributed by atoms with E-state index in [4.69, 9.17) is 9.47 Å². The minimum Gasteiger partial charge on any atom is -0.493 e. The lowest BCUT2D eigenvalue weighted by Crippen LogP contribution is -2.48. The first-order valence-electron chi connectivity index (χ1n) is 8.84. The molecule has 1 aliphatic carbocycles. The number of alkyl halides is 1. The number of carbonyl (C=O) groups is 1. The van der Waals surface area contributed by atoms with Crippen LogP contribution in [-0.2, 0) is 9.53 Å². The van der Waals surface area contributed by atoms with Crippen molar-refractivity contribution in [1.82, 2.24) is 0 Å². The van der Waals surface area contributed by atoms with E-state index in [2.05, 4.69) is 35.1 Å². The van der Waals surface area contributed by atoms with E-state index in [-0.39, 0.29) is 5.91 Å². The fourth-order valence-electron chi connectivity index (χ4n) is 3.24. The van der Waals surface area contributed by atoms with Gasteiger partial charge in [0.05, 0.1) is 6.61 Å². The van der Waals surface area contributed by atoms with Gasteiger partial charge in [0.25, 0.3) is 5.91 Å². The van der Waals surface area contributed by atoms with Gasteiger partial charge in [0, 0.05) is 17.6 Å². The first-order valence-corrected chi connectivity index (χ1v) is 9.96. The van der Waals surface area contributed by atoms with E-state index in [9.17, 15) is 4.79 Å². The zero-order chi connectivity index (χ0) is 17.4. The molecule has 1 amide bonds. The number of hydrogen-bond acceptors (Lipinski definition) is 3. The summed E-state index contributed by atoms with van der Waals surface area (Å²) in [5.74, 6) is 1.30. The maximum atomic E-state index is 12.9. The quantitative estimate of drug-likeness (QED) is 0.642. The van der Waals surface area contributed by atoms with Crippen LogP contribution in [0.15, 0.2) is 24.3 Å². The van der Waals surface area contributed by atoms with Crippen LogP contribution in [0.4, 0.5) is 5.69 Å². The summed E-state index contributed by atoms with van der Waals surface area (Å²) in [5, 5.41) is 3.83. The average Bonchev–Trinajstić information content (AvgIpc) is 2.59. The molecule has 1 aromatic rings. The zero-order valence-electron chi connectivity index (χ0n) is 14.6. The van der Waals surface area contributed by atoms with Crippen molar-refractivity contribution >= 4 is 27.5 Å². The van der Waals surface area contributed by atoms with Crippen molar-refractivity contribution in [2.45, 2.75) is 51.6 Å². The molecule has 0 aromatic heterocycles. The van der Waals surface area contributed by atoms with Crippen molar-refractivity contribution in [3.8, 4) is 5.75 Å². The van der Waals surface area contributed by atoms with Gasteiger partial charge >= 0.3 is 0 Å². The molecule has 1 aromatic carbocycles. The fraction of sp³-hybridized carbons (Fsp3) is 0.632. The molecule has 1 saturated carbocycles. The van der Waals surface area contributed by atoms with E-state index >= 15 is 0 Å². The molecule has 5 heteroatoms. The van der Waals surface area contributed by atoms with Crippen molar-refractivity contribution in [2.24, 2.45) is 5.92 Å².